The molecule has 0 aliphatic carbocycles. The minimum Gasteiger partial charge on any atom is -0.438 e. The van der Waals surface area contributed by atoms with Gasteiger partial charge < -0.3 is 19.1 Å². The van der Waals surface area contributed by atoms with Gasteiger partial charge in [-0.3, -0.25) is 4.79 Å². The SMILES string of the molecule is Cc1noc(C)c1C(=O)Nc1ccc(Oc2ccc(-n3cccc3)nn2)cc1. The molecule has 0 atom stereocenters. The zero-order valence-corrected chi connectivity index (χ0v) is 15.3. The van der Waals surface area contributed by atoms with Crippen molar-refractivity contribution < 1.29 is 14.1 Å². The molecule has 8 nitrogen and oxygen atoms in total. The first kappa shape index (κ1) is 17.5. The summed E-state index contributed by atoms with van der Waals surface area (Å²) in [5.74, 6) is 1.88. The molecular weight excluding hydrogens is 358 g/mol. The van der Waals surface area contributed by atoms with Crippen molar-refractivity contribution in [1.29, 1.82) is 0 Å². The second-order valence-electron chi connectivity index (χ2n) is 6.10. The number of amides is 1. The van der Waals surface area contributed by atoms with E-state index in [1.807, 2.05) is 35.2 Å². The molecule has 0 fully saturated rings. The summed E-state index contributed by atoms with van der Waals surface area (Å²) in [5.41, 5.74) is 1.63. The number of ether oxygens (including phenoxy) is 1. The fourth-order valence-corrected chi connectivity index (χ4v) is 2.72. The molecular formula is C20H17N5O3. The van der Waals surface area contributed by atoms with Crippen LogP contribution >= 0.6 is 0 Å². The zero-order valence-electron chi connectivity index (χ0n) is 15.3. The normalized spacial score (nSPS) is 10.6. The Labute approximate surface area is 160 Å². The summed E-state index contributed by atoms with van der Waals surface area (Å²) in [5, 5.41) is 14.8. The van der Waals surface area contributed by atoms with Gasteiger partial charge in [-0.15, -0.1) is 10.2 Å². The highest BCUT2D eigenvalue weighted by molar-refractivity contribution is 6.05. The van der Waals surface area contributed by atoms with Crippen molar-refractivity contribution in [3.05, 3.63) is 77.9 Å². The van der Waals surface area contributed by atoms with Gasteiger partial charge >= 0.3 is 0 Å². The van der Waals surface area contributed by atoms with Crippen molar-refractivity contribution in [2.45, 2.75) is 13.8 Å². The predicted molar refractivity (Wildman–Crippen MR) is 102 cm³/mol. The summed E-state index contributed by atoms with van der Waals surface area (Å²) in [4.78, 5) is 12.4. The third kappa shape index (κ3) is 3.61. The first-order valence-electron chi connectivity index (χ1n) is 8.59. The van der Waals surface area contributed by atoms with Gasteiger partial charge in [0.2, 0.25) is 5.88 Å². The monoisotopic (exact) mass is 375 g/mol. The summed E-state index contributed by atoms with van der Waals surface area (Å²) >= 11 is 0. The van der Waals surface area contributed by atoms with E-state index in [-0.39, 0.29) is 5.91 Å². The molecule has 3 aromatic heterocycles. The number of nitrogens with zero attached hydrogens (tertiary/aromatic N) is 4. The van der Waals surface area contributed by atoms with Gasteiger partial charge in [-0.05, 0) is 56.3 Å². The van der Waals surface area contributed by atoms with Crippen molar-refractivity contribution in [3.63, 3.8) is 0 Å². The maximum atomic E-state index is 12.4. The maximum Gasteiger partial charge on any atom is 0.261 e. The van der Waals surface area contributed by atoms with E-state index in [2.05, 4.69) is 20.7 Å². The van der Waals surface area contributed by atoms with E-state index in [9.17, 15) is 4.79 Å². The van der Waals surface area contributed by atoms with Crippen LogP contribution in [0.4, 0.5) is 5.69 Å². The largest absolute Gasteiger partial charge is 0.438 e. The van der Waals surface area contributed by atoms with Gasteiger partial charge in [0.15, 0.2) is 5.82 Å². The summed E-state index contributed by atoms with van der Waals surface area (Å²) < 4.78 is 12.6. The van der Waals surface area contributed by atoms with Crippen LogP contribution < -0.4 is 10.1 Å². The molecule has 140 valence electrons. The molecule has 4 aromatic rings. The standard InChI is InChI=1S/C20H17N5O3/c1-13-19(14(2)28-24-13)20(26)21-15-5-7-16(8-6-15)27-18-10-9-17(22-23-18)25-11-3-4-12-25/h3-12H,1-2H3,(H,21,26). The third-order valence-corrected chi connectivity index (χ3v) is 4.09. The van der Waals surface area contributed by atoms with Gasteiger partial charge in [0.25, 0.3) is 5.91 Å². The number of hydrogen-bond donors (Lipinski definition) is 1. The van der Waals surface area contributed by atoms with E-state index in [0.29, 0.717) is 40.2 Å². The summed E-state index contributed by atoms with van der Waals surface area (Å²) in [7, 11) is 0. The van der Waals surface area contributed by atoms with Crippen molar-refractivity contribution in [1.82, 2.24) is 19.9 Å². The Morgan fingerprint density at radius 1 is 1.04 bits per heavy atom. The van der Waals surface area contributed by atoms with Gasteiger partial charge in [-0.2, -0.15) is 0 Å². The Morgan fingerprint density at radius 2 is 1.79 bits per heavy atom. The Balaban J connectivity index is 1.41. The molecule has 3 heterocycles. The van der Waals surface area contributed by atoms with E-state index < -0.39 is 0 Å². The lowest BCUT2D eigenvalue weighted by Gasteiger charge is -2.08. The Hall–Kier alpha value is -3.94. The molecule has 0 bridgehead atoms. The Kier molecular flexibility index (Phi) is 4.59. The molecule has 0 unspecified atom stereocenters. The smallest absolute Gasteiger partial charge is 0.261 e. The van der Waals surface area contributed by atoms with Crippen molar-refractivity contribution in [3.8, 4) is 17.4 Å². The Morgan fingerprint density at radius 3 is 2.39 bits per heavy atom. The van der Waals surface area contributed by atoms with Crippen LogP contribution in [0.3, 0.4) is 0 Å². The predicted octanol–water partition coefficient (Wildman–Crippen LogP) is 3.92. The molecule has 0 radical (unpaired) electrons. The number of nitrogens with one attached hydrogen (secondary N) is 1. The molecule has 0 saturated carbocycles. The molecule has 28 heavy (non-hydrogen) atoms. The molecule has 1 N–H and O–H groups in total. The molecule has 0 aliphatic heterocycles. The molecule has 4 rings (SSSR count). The number of anilines is 1. The first-order valence-corrected chi connectivity index (χ1v) is 8.59. The van der Waals surface area contributed by atoms with E-state index >= 15 is 0 Å². The molecule has 0 saturated heterocycles. The van der Waals surface area contributed by atoms with Gasteiger partial charge in [0.1, 0.15) is 17.1 Å². The molecule has 0 aliphatic rings. The fraction of sp³-hybridized carbons (Fsp3) is 0.100. The van der Waals surface area contributed by atoms with Crippen LogP contribution in [-0.2, 0) is 0 Å². The van der Waals surface area contributed by atoms with E-state index in [0.717, 1.165) is 0 Å². The highest BCUT2D eigenvalue weighted by Gasteiger charge is 2.17. The average molecular weight is 375 g/mol. The number of carbonyl (C=O) groups is 1. The lowest BCUT2D eigenvalue weighted by atomic mass is 10.2. The lowest BCUT2D eigenvalue weighted by molar-refractivity contribution is 0.102. The molecule has 1 aromatic carbocycles. The van der Waals surface area contributed by atoms with Crippen LogP contribution in [0, 0.1) is 13.8 Å². The third-order valence-electron chi connectivity index (χ3n) is 4.09. The van der Waals surface area contributed by atoms with Gasteiger partial charge in [-0.25, -0.2) is 0 Å². The first-order chi connectivity index (χ1) is 13.6. The van der Waals surface area contributed by atoms with Gasteiger partial charge in [0.05, 0.1) is 5.69 Å². The number of hydrogen-bond acceptors (Lipinski definition) is 6. The molecule has 1 amide bonds. The van der Waals surface area contributed by atoms with Crippen molar-refractivity contribution in [2.75, 3.05) is 5.32 Å². The highest BCUT2D eigenvalue weighted by Crippen LogP contribution is 2.22. The number of aromatic nitrogens is 4. The fourth-order valence-electron chi connectivity index (χ4n) is 2.72. The maximum absolute atomic E-state index is 12.4. The summed E-state index contributed by atoms with van der Waals surface area (Å²) in [6, 6.07) is 14.4. The highest BCUT2D eigenvalue weighted by atomic mass is 16.5. The van der Waals surface area contributed by atoms with Crippen molar-refractivity contribution >= 4 is 11.6 Å². The van der Waals surface area contributed by atoms with Crippen LogP contribution in [0.5, 0.6) is 11.6 Å². The number of carbonyl (C=O) groups excluding carboxylic acids is 1. The quantitative estimate of drug-likeness (QED) is 0.568. The van der Waals surface area contributed by atoms with Crippen molar-refractivity contribution in [2.24, 2.45) is 0 Å². The van der Waals surface area contributed by atoms with E-state index in [4.69, 9.17) is 9.26 Å². The van der Waals surface area contributed by atoms with Crippen LogP contribution in [0.15, 0.2) is 65.4 Å². The topological polar surface area (TPSA) is 95.1 Å². The summed E-state index contributed by atoms with van der Waals surface area (Å²) in [6.07, 6.45) is 3.78. The summed E-state index contributed by atoms with van der Waals surface area (Å²) in [6.45, 7) is 3.43. The van der Waals surface area contributed by atoms with E-state index in [1.165, 1.54) is 0 Å². The Bertz CT molecular complexity index is 1060. The minimum absolute atomic E-state index is 0.267. The van der Waals surface area contributed by atoms with Crippen LogP contribution in [0.1, 0.15) is 21.8 Å². The molecule has 0 spiro atoms. The number of benzene rings is 1. The number of rotatable bonds is 5. The second kappa shape index (κ2) is 7.36. The average Bonchev–Trinajstić information content (AvgIpc) is 3.34. The lowest BCUT2D eigenvalue weighted by Crippen LogP contribution is -2.13. The van der Waals surface area contributed by atoms with Crippen LogP contribution in [-0.4, -0.2) is 25.8 Å². The zero-order chi connectivity index (χ0) is 19.5. The van der Waals surface area contributed by atoms with Gasteiger partial charge in [0, 0.05) is 24.1 Å². The molecule has 8 heteroatoms. The number of aryl methyl sites for hydroxylation is 2. The van der Waals surface area contributed by atoms with Gasteiger partial charge in [-0.1, -0.05) is 5.16 Å². The second-order valence-corrected chi connectivity index (χ2v) is 6.10. The van der Waals surface area contributed by atoms with Crippen LogP contribution in [0.2, 0.25) is 0 Å². The van der Waals surface area contributed by atoms with Crippen LogP contribution in [0.25, 0.3) is 5.82 Å². The minimum atomic E-state index is -0.267. The van der Waals surface area contributed by atoms with E-state index in [1.54, 1.807) is 44.2 Å².